The molecule has 0 heterocycles. The Morgan fingerprint density at radius 2 is 1.93 bits per heavy atom. The van der Waals surface area contributed by atoms with Gasteiger partial charge in [-0.1, -0.05) is 34.8 Å². The molecule has 88 valence electrons. The monoisotopic (exact) mass is 340 g/mol. The molecule has 0 aromatic carbocycles. The van der Waals surface area contributed by atoms with Crippen molar-refractivity contribution < 1.29 is 15.5 Å². The first-order valence-corrected chi connectivity index (χ1v) is 5.53. The molecule has 1 atom stereocenters. The molecule has 9 heteroatoms. The highest BCUT2D eigenvalue weighted by Gasteiger charge is 2.19. The fraction of sp³-hybridized carbons (Fsp3) is 0.333. The number of allylic oxidation sites excluding steroid dienone is 1. The lowest BCUT2D eigenvalue weighted by Crippen LogP contribution is -3.03. The molecule has 1 unspecified atom stereocenters. The van der Waals surface area contributed by atoms with E-state index in [-0.39, 0.29) is 33.0 Å². The highest BCUT2D eigenvalue weighted by atomic mass is 79.9. The van der Waals surface area contributed by atoms with Crippen LogP contribution >= 0.6 is 50.7 Å². The van der Waals surface area contributed by atoms with Gasteiger partial charge >= 0.3 is 0 Å². The van der Waals surface area contributed by atoms with Crippen LogP contribution in [-0.4, -0.2) is 23.5 Å². The second-order valence-electron chi connectivity index (χ2n) is 2.22. The number of quaternary nitrogens is 1. The van der Waals surface area contributed by atoms with Crippen LogP contribution in [0.4, 0.5) is 0 Å². The van der Waals surface area contributed by atoms with Gasteiger partial charge in [-0.05, 0) is 15.9 Å². The summed E-state index contributed by atoms with van der Waals surface area (Å²) in [6, 6.07) is 0. The summed E-state index contributed by atoms with van der Waals surface area (Å²) >= 11 is 19.6. The third-order valence-corrected chi connectivity index (χ3v) is 2.82. The van der Waals surface area contributed by atoms with Crippen molar-refractivity contribution in [3.05, 3.63) is 25.0 Å². The average molecular weight is 342 g/mol. The van der Waals surface area contributed by atoms with Gasteiger partial charge in [0.2, 0.25) is 5.70 Å². The number of hydroxylamine groups is 2. The second-order valence-corrected chi connectivity index (χ2v) is 4.60. The molecule has 0 bridgehead atoms. The lowest BCUT2D eigenvalue weighted by Gasteiger charge is -2.17. The maximum Gasteiger partial charge on any atom is 0.219 e. The predicted octanol–water partition coefficient (Wildman–Crippen LogP) is 0.790. The first-order valence-electron chi connectivity index (χ1n) is 3.60. The zero-order valence-corrected chi connectivity index (χ0v) is 11.1. The number of hydrogen-bond donors (Lipinski definition) is 4. The Balaban J connectivity index is 5.03. The zero-order chi connectivity index (χ0) is 12.0. The van der Waals surface area contributed by atoms with Gasteiger partial charge < -0.3 is 15.6 Å². The average Bonchev–Trinajstić information content (AvgIpc) is 2.14. The lowest BCUT2D eigenvalue weighted by molar-refractivity contribution is -1.01. The van der Waals surface area contributed by atoms with Gasteiger partial charge in [0.25, 0.3) is 0 Å². The quantitative estimate of drug-likeness (QED) is 0.338. The van der Waals surface area contributed by atoms with Crippen LogP contribution in [0.3, 0.4) is 0 Å². The Morgan fingerprint density at radius 3 is 2.27 bits per heavy atom. The summed E-state index contributed by atoms with van der Waals surface area (Å²) in [6.45, 7) is -0.0772. The summed E-state index contributed by atoms with van der Waals surface area (Å²) in [6.07, 6.45) is 0. The normalized spacial score (nSPS) is 16.7. The van der Waals surface area contributed by atoms with Crippen molar-refractivity contribution in [3.63, 3.8) is 0 Å². The number of aliphatic hydroxyl groups excluding tert-OH is 1. The van der Waals surface area contributed by atoms with Gasteiger partial charge in [-0.15, -0.1) is 0 Å². The second kappa shape index (κ2) is 7.70. The molecule has 0 aliphatic heterocycles. The maximum atomic E-state index is 10.8. The largest absolute Gasteiger partial charge is 0.595 e. The van der Waals surface area contributed by atoms with Crippen LogP contribution in [0.15, 0.2) is 19.8 Å². The summed E-state index contributed by atoms with van der Waals surface area (Å²) in [7, 11) is 0. The Morgan fingerprint density at radius 1 is 1.40 bits per heavy atom. The van der Waals surface area contributed by atoms with E-state index in [2.05, 4.69) is 21.2 Å². The lowest BCUT2D eigenvalue weighted by atomic mass is 10.4. The van der Waals surface area contributed by atoms with Crippen LogP contribution in [0.2, 0.25) is 0 Å². The van der Waals surface area contributed by atoms with Crippen LogP contribution in [0.5, 0.6) is 0 Å². The highest BCUT2D eigenvalue weighted by molar-refractivity contribution is 9.12. The standard InChI is InChI=1S/C6H8BrCl3N2O3/c7-5(9)3(8)4(12(14)15)6(10)11-1-2-13/h11-14H,1-2H2/b5-3+,6-4-. The van der Waals surface area contributed by atoms with Gasteiger partial charge in [0.1, 0.15) is 8.97 Å². The first-order chi connectivity index (χ1) is 6.91. The molecule has 5 nitrogen and oxygen atoms in total. The molecule has 0 rings (SSSR count). The molecule has 0 fully saturated rings. The van der Waals surface area contributed by atoms with Crippen molar-refractivity contribution in [2.24, 2.45) is 0 Å². The van der Waals surface area contributed by atoms with Crippen molar-refractivity contribution in [1.82, 2.24) is 5.32 Å². The van der Waals surface area contributed by atoms with E-state index in [1.54, 1.807) is 0 Å². The fourth-order valence-corrected chi connectivity index (χ4v) is 1.42. The molecule has 0 amide bonds. The van der Waals surface area contributed by atoms with Crippen LogP contribution in [0.1, 0.15) is 0 Å². The molecule has 0 aliphatic rings. The zero-order valence-electron chi connectivity index (χ0n) is 7.23. The van der Waals surface area contributed by atoms with Gasteiger partial charge in [0.05, 0.1) is 6.61 Å². The number of nitrogens with one attached hydrogen (secondary N) is 2. The Bertz CT molecular complexity index is 279. The van der Waals surface area contributed by atoms with Gasteiger partial charge in [-0.3, -0.25) is 0 Å². The van der Waals surface area contributed by atoms with Crippen molar-refractivity contribution in [3.8, 4) is 0 Å². The number of rotatable bonds is 5. The molecule has 15 heavy (non-hydrogen) atoms. The van der Waals surface area contributed by atoms with E-state index in [1.807, 2.05) is 0 Å². The van der Waals surface area contributed by atoms with Crippen LogP contribution < -0.4 is 10.5 Å². The topological polar surface area (TPSA) is 80.0 Å². The highest BCUT2D eigenvalue weighted by Crippen LogP contribution is 2.25. The Kier molecular flexibility index (Phi) is 7.94. The van der Waals surface area contributed by atoms with Crippen LogP contribution in [0, 0.1) is 5.21 Å². The molecule has 0 saturated carbocycles. The maximum absolute atomic E-state index is 10.8. The van der Waals surface area contributed by atoms with E-state index in [0.717, 1.165) is 0 Å². The van der Waals surface area contributed by atoms with Crippen LogP contribution in [0.25, 0.3) is 0 Å². The first kappa shape index (κ1) is 15.5. The molecule has 0 aliphatic carbocycles. The van der Waals surface area contributed by atoms with E-state index in [4.69, 9.17) is 45.1 Å². The fourth-order valence-electron chi connectivity index (χ4n) is 0.633. The smallest absolute Gasteiger partial charge is 0.219 e. The van der Waals surface area contributed by atoms with E-state index in [0.29, 0.717) is 0 Å². The van der Waals surface area contributed by atoms with Gasteiger partial charge in [-0.2, -0.15) is 5.23 Å². The Hall–Kier alpha value is 0.470. The van der Waals surface area contributed by atoms with Gasteiger partial charge in [-0.25, -0.2) is 5.21 Å². The van der Waals surface area contributed by atoms with E-state index in [1.165, 1.54) is 0 Å². The molecular formula is C6H8BrCl3N2O3. The number of aliphatic hydroxyl groups is 1. The van der Waals surface area contributed by atoms with Crippen LogP contribution in [-0.2, 0) is 0 Å². The SMILES string of the molecule is [O-][NH+](O)C(/C(Cl)=C(\Cl)Br)=C(/Cl)NCCO. The number of halogens is 4. The van der Waals surface area contributed by atoms with E-state index in [9.17, 15) is 5.21 Å². The summed E-state index contributed by atoms with van der Waals surface area (Å²) in [5.74, 6) is 0. The van der Waals surface area contributed by atoms with Crippen molar-refractivity contribution in [2.75, 3.05) is 13.2 Å². The van der Waals surface area contributed by atoms with E-state index >= 15 is 0 Å². The third-order valence-electron chi connectivity index (χ3n) is 1.21. The predicted molar refractivity (Wildman–Crippen MR) is 61.7 cm³/mol. The van der Waals surface area contributed by atoms with Crippen molar-refractivity contribution in [1.29, 1.82) is 0 Å². The molecule has 0 saturated heterocycles. The molecule has 4 N–H and O–H groups in total. The summed E-state index contributed by atoms with van der Waals surface area (Å²) in [5, 5.41) is 28.9. The molecular weight excluding hydrogens is 334 g/mol. The van der Waals surface area contributed by atoms with Gasteiger partial charge in [0, 0.05) is 6.54 Å². The summed E-state index contributed by atoms with van der Waals surface area (Å²) in [5.41, 5.74) is -0.367. The summed E-state index contributed by atoms with van der Waals surface area (Å²) < 4.78 is -0.0643. The van der Waals surface area contributed by atoms with E-state index < -0.39 is 5.23 Å². The summed E-state index contributed by atoms with van der Waals surface area (Å²) in [4.78, 5) is 0. The minimum Gasteiger partial charge on any atom is -0.595 e. The minimum absolute atomic E-state index is 0.0643. The van der Waals surface area contributed by atoms with Crippen molar-refractivity contribution in [2.45, 2.75) is 0 Å². The number of hydrogen-bond acceptors (Lipinski definition) is 4. The molecule has 0 aromatic heterocycles. The molecule has 0 radical (unpaired) electrons. The molecule has 0 spiro atoms. The Labute approximate surface area is 110 Å². The van der Waals surface area contributed by atoms with Crippen molar-refractivity contribution >= 4 is 50.7 Å². The third kappa shape index (κ3) is 5.37. The minimum atomic E-state index is -1.33. The molecule has 0 aromatic rings. The van der Waals surface area contributed by atoms with Gasteiger partial charge in [0.15, 0.2) is 5.16 Å².